The van der Waals surface area contributed by atoms with Crippen molar-refractivity contribution in [2.45, 2.75) is 6.92 Å². The summed E-state index contributed by atoms with van der Waals surface area (Å²) in [5, 5.41) is 3.80. The van der Waals surface area contributed by atoms with Crippen LogP contribution < -0.4 is 5.32 Å². The maximum absolute atomic E-state index is 11.3. The largest absolute Gasteiger partial charge is 0.310 e. The topological polar surface area (TPSA) is 72.2 Å². The first kappa shape index (κ1) is 17.1. The molecule has 0 radical (unpaired) electrons. The van der Waals surface area contributed by atoms with Crippen LogP contribution in [0.2, 0.25) is 0 Å². The van der Waals surface area contributed by atoms with E-state index >= 15 is 0 Å². The highest BCUT2D eigenvalue weighted by Crippen LogP contribution is 2.31. The molecule has 0 spiro atoms. The Labute approximate surface area is 166 Å². The number of hydrogen-bond acceptors (Lipinski definition) is 4. The number of imidazole rings is 1. The number of pyridine rings is 3. The maximum Gasteiger partial charge on any atom is 0.222 e. The highest BCUT2D eigenvalue weighted by Gasteiger charge is 2.09. The zero-order valence-electron chi connectivity index (χ0n) is 15.7. The molecule has 4 aromatic heterocycles. The lowest BCUT2D eigenvalue weighted by Gasteiger charge is -2.09. The van der Waals surface area contributed by atoms with Gasteiger partial charge in [0.25, 0.3) is 0 Å². The Morgan fingerprint density at radius 3 is 2.55 bits per heavy atom. The van der Waals surface area contributed by atoms with Crippen LogP contribution in [0.1, 0.15) is 6.92 Å². The van der Waals surface area contributed by atoms with Crippen LogP contribution in [-0.4, -0.2) is 25.3 Å². The van der Waals surface area contributed by atoms with Crippen molar-refractivity contribution in [2.24, 2.45) is 0 Å². The van der Waals surface area contributed by atoms with Crippen LogP contribution in [0.5, 0.6) is 0 Å². The number of carbonyl (C=O) groups is 1. The van der Waals surface area contributed by atoms with Crippen LogP contribution in [0, 0.1) is 0 Å². The Morgan fingerprint density at radius 1 is 0.897 bits per heavy atom. The number of amides is 1. The number of benzene rings is 1. The van der Waals surface area contributed by atoms with Crippen molar-refractivity contribution < 1.29 is 4.79 Å². The first-order valence-corrected chi connectivity index (χ1v) is 9.23. The average Bonchev–Trinajstić information content (AvgIpc) is 3.14. The normalized spacial score (nSPS) is 11.1. The molecule has 0 unspecified atom stereocenters. The molecule has 0 saturated carbocycles. The number of nitrogens with one attached hydrogen (secondary N) is 1. The third-order valence-electron chi connectivity index (χ3n) is 4.82. The fourth-order valence-electron chi connectivity index (χ4n) is 3.51. The van der Waals surface area contributed by atoms with Gasteiger partial charge in [0.05, 0.1) is 11.7 Å². The summed E-state index contributed by atoms with van der Waals surface area (Å²) < 4.78 is 1.91. The van der Waals surface area contributed by atoms with Gasteiger partial charge in [0.1, 0.15) is 5.65 Å². The minimum Gasteiger partial charge on any atom is -0.310 e. The van der Waals surface area contributed by atoms with E-state index in [1.54, 1.807) is 12.4 Å². The van der Waals surface area contributed by atoms with E-state index in [1.807, 2.05) is 59.4 Å². The molecule has 29 heavy (non-hydrogen) atoms. The standard InChI is InChI=1S/C23H17N5O/c1-15(29)26-22-14-28-13-18(3-5-23(28)27-22)17-2-4-21-20(12-17)19(8-11-25-21)16-6-9-24-10-7-16/h2-14H,1H3,(H,26,29). The molecule has 0 bridgehead atoms. The molecule has 0 aliphatic carbocycles. The number of nitrogens with zero attached hydrogens (tertiary/aromatic N) is 4. The second kappa shape index (κ2) is 6.83. The SMILES string of the molecule is CC(=O)Nc1cn2cc(-c3ccc4nccc(-c5ccncc5)c4c3)ccc2n1. The molecule has 4 heterocycles. The highest BCUT2D eigenvalue weighted by molar-refractivity contribution is 5.96. The summed E-state index contributed by atoms with van der Waals surface area (Å²) >= 11 is 0. The van der Waals surface area contributed by atoms with Crippen molar-refractivity contribution in [2.75, 3.05) is 5.32 Å². The molecular weight excluding hydrogens is 362 g/mol. The second-order valence-electron chi connectivity index (χ2n) is 6.82. The molecular formula is C23H17N5O. The molecule has 1 N–H and O–H groups in total. The van der Waals surface area contributed by atoms with Crippen LogP contribution in [0.15, 0.2) is 79.5 Å². The number of anilines is 1. The molecule has 0 atom stereocenters. The molecule has 0 saturated heterocycles. The highest BCUT2D eigenvalue weighted by atomic mass is 16.1. The maximum atomic E-state index is 11.3. The monoisotopic (exact) mass is 379 g/mol. The van der Waals surface area contributed by atoms with Crippen LogP contribution in [0.4, 0.5) is 5.82 Å². The van der Waals surface area contributed by atoms with E-state index in [1.165, 1.54) is 6.92 Å². The van der Waals surface area contributed by atoms with E-state index in [2.05, 4.69) is 32.4 Å². The second-order valence-corrected chi connectivity index (χ2v) is 6.82. The van der Waals surface area contributed by atoms with Gasteiger partial charge in [0, 0.05) is 37.1 Å². The first-order chi connectivity index (χ1) is 14.2. The summed E-state index contributed by atoms with van der Waals surface area (Å²) in [5.41, 5.74) is 6.08. The molecule has 5 rings (SSSR count). The number of rotatable bonds is 3. The average molecular weight is 379 g/mol. The van der Waals surface area contributed by atoms with Crippen LogP contribution in [0.3, 0.4) is 0 Å². The minimum atomic E-state index is -0.140. The van der Waals surface area contributed by atoms with E-state index in [4.69, 9.17) is 0 Å². The van der Waals surface area contributed by atoms with Gasteiger partial charge < -0.3 is 9.72 Å². The molecule has 0 aliphatic heterocycles. The number of aromatic nitrogens is 4. The van der Waals surface area contributed by atoms with Crippen molar-refractivity contribution in [3.8, 4) is 22.3 Å². The summed E-state index contributed by atoms with van der Waals surface area (Å²) in [4.78, 5) is 24.3. The Hall–Kier alpha value is -4.06. The van der Waals surface area contributed by atoms with Crippen molar-refractivity contribution in [1.82, 2.24) is 19.4 Å². The van der Waals surface area contributed by atoms with Gasteiger partial charge in [-0.15, -0.1) is 0 Å². The van der Waals surface area contributed by atoms with Crippen molar-refractivity contribution >= 4 is 28.3 Å². The summed E-state index contributed by atoms with van der Waals surface area (Å²) in [6.07, 6.45) is 9.25. The fraction of sp³-hybridized carbons (Fsp3) is 0.0435. The molecule has 140 valence electrons. The summed E-state index contributed by atoms with van der Waals surface area (Å²) in [6, 6.07) is 16.3. The van der Waals surface area contributed by atoms with Gasteiger partial charge in [-0.3, -0.25) is 14.8 Å². The third-order valence-corrected chi connectivity index (χ3v) is 4.82. The van der Waals surface area contributed by atoms with Gasteiger partial charge in [-0.25, -0.2) is 4.98 Å². The van der Waals surface area contributed by atoms with Crippen molar-refractivity contribution in [3.63, 3.8) is 0 Å². The van der Waals surface area contributed by atoms with Gasteiger partial charge in [-0.05, 0) is 64.7 Å². The van der Waals surface area contributed by atoms with Crippen LogP contribution in [-0.2, 0) is 4.79 Å². The van der Waals surface area contributed by atoms with E-state index in [0.29, 0.717) is 5.82 Å². The molecule has 6 heteroatoms. The lowest BCUT2D eigenvalue weighted by Crippen LogP contribution is -2.05. The Bertz CT molecular complexity index is 1360. The molecule has 1 amide bonds. The zero-order chi connectivity index (χ0) is 19.8. The molecule has 0 fully saturated rings. The Balaban J connectivity index is 1.62. The van der Waals surface area contributed by atoms with Gasteiger partial charge >= 0.3 is 0 Å². The van der Waals surface area contributed by atoms with E-state index < -0.39 is 0 Å². The number of hydrogen-bond donors (Lipinski definition) is 1. The Morgan fingerprint density at radius 2 is 1.72 bits per heavy atom. The van der Waals surface area contributed by atoms with Crippen molar-refractivity contribution in [3.05, 3.63) is 79.5 Å². The summed E-state index contributed by atoms with van der Waals surface area (Å²) in [7, 11) is 0. The summed E-state index contributed by atoms with van der Waals surface area (Å²) in [6.45, 7) is 1.47. The molecule has 5 aromatic rings. The summed E-state index contributed by atoms with van der Waals surface area (Å²) in [5.74, 6) is 0.400. The number of carbonyl (C=O) groups excluding carboxylic acids is 1. The third kappa shape index (κ3) is 3.21. The zero-order valence-corrected chi connectivity index (χ0v) is 15.7. The molecule has 1 aromatic carbocycles. The van der Waals surface area contributed by atoms with Gasteiger partial charge in [0.15, 0.2) is 5.82 Å². The minimum absolute atomic E-state index is 0.140. The van der Waals surface area contributed by atoms with Gasteiger partial charge in [-0.1, -0.05) is 6.07 Å². The molecule has 0 aliphatic rings. The molecule has 6 nitrogen and oxygen atoms in total. The lowest BCUT2D eigenvalue weighted by molar-refractivity contribution is -0.114. The quantitative estimate of drug-likeness (QED) is 0.498. The van der Waals surface area contributed by atoms with Crippen LogP contribution >= 0.6 is 0 Å². The predicted molar refractivity (Wildman–Crippen MR) is 113 cm³/mol. The predicted octanol–water partition coefficient (Wildman–Crippen LogP) is 4.57. The van der Waals surface area contributed by atoms with E-state index in [-0.39, 0.29) is 5.91 Å². The van der Waals surface area contributed by atoms with E-state index in [0.717, 1.165) is 38.8 Å². The number of fused-ring (bicyclic) bond motifs is 2. The lowest BCUT2D eigenvalue weighted by atomic mass is 9.98. The fourth-order valence-corrected chi connectivity index (χ4v) is 3.51. The van der Waals surface area contributed by atoms with Crippen LogP contribution in [0.25, 0.3) is 38.8 Å². The smallest absolute Gasteiger partial charge is 0.222 e. The van der Waals surface area contributed by atoms with Gasteiger partial charge in [0.2, 0.25) is 5.91 Å². The van der Waals surface area contributed by atoms with E-state index in [9.17, 15) is 4.79 Å². The van der Waals surface area contributed by atoms with Gasteiger partial charge in [-0.2, -0.15) is 0 Å². The first-order valence-electron chi connectivity index (χ1n) is 9.23. The Kier molecular flexibility index (Phi) is 4.02. The van der Waals surface area contributed by atoms with Crippen molar-refractivity contribution in [1.29, 1.82) is 0 Å².